The number of hydrogen-bond acceptors (Lipinski definition) is 3. The van der Waals surface area contributed by atoms with Crippen LogP contribution in [0.25, 0.3) is 0 Å². The Balaban J connectivity index is 2.59. The van der Waals surface area contributed by atoms with Crippen molar-refractivity contribution in [3.05, 3.63) is 58.7 Å². The first-order valence-corrected chi connectivity index (χ1v) is 6.41. The molecule has 2 aromatic rings. The van der Waals surface area contributed by atoms with Gasteiger partial charge in [-0.05, 0) is 36.8 Å². The smallest absolute Gasteiger partial charge is 0.128 e. The van der Waals surface area contributed by atoms with Gasteiger partial charge in [0.05, 0.1) is 25.8 Å². The summed E-state index contributed by atoms with van der Waals surface area (Å²) in [6.45, 7) is 1.50. The summed E-state index contributed by atoms with van der Waals surface area (Å²) in [6.07, 6.45) is 0. The first-order valence-electron chi connectivity index (χ1n) is 6.41. The van der Waals surface area contributed by atoms with E-state index in [0.717, 1.165) is 12.1 Å². The lowest BCUT2D eigenvalue weighted by molar-refractivity contribution is 0.381. The van der Waals surface area contributed by atoms with Crippen molar-refractivity contribution in [2.75, 3.05) is 14.2 Å². The monoisotopic (exact) mass is 293 g/mol. The Bertz CT molecular complexity index is 637. The molecule has 0 aliphatic heterocycles. The van der Waals surface area contributed by atoms with Crippen molar-refractivity contribution in [3.63, 3.8) is 0 Å². The molecule has 0 heterocycles. The van der Waals surface area contributed by atoms with Crippen molar-refractivity contribution < 1.29 is 18.3 Å². The van der Waals surface area contributed by atoms with Gasteiger partial charge in [0.1, 0.15) is 23.1 Å². The fraction of sp³-hybridized carbons (Fsp3) is 0.250. The first-order chi connectivity index (χ1) is 9.99. The number of hydrogen-bond donors (Lipinski definition) is 1. The molecule has 0 bridgehead atoms. The molecule has 21 heavy (non-hydrogen) atoms. The van der Waals surface area contributed by atoms with Gasteiger partial charge in [-0.3, -0.25) is 0 Å². The minimum atomic E-state index is -0.897. The Labute approximate surface area is 122 Å². The number of benzene rings is 2. The summed E-state index contributed by atoms with van der Waals surface area (Å²) in [7, 11) is 2.97. The van der Waals surface area contributed by atoms with Crippen LogP contribution in [-0.4, -0.2) is 14.2 Å². The third-order valence-corrected chi connectivity index (χ3v) is 3.39. The summed E-state index contributed by atoms with van der Waals surface area (Å²) in [5, 5.41) is 0. The minimum absolute atomic E-state index is 0.0564. The first kappa shape index (κ1) is 15.3. The maximum Gasteiger partial charge on any atom is 0.128 e. The molecule has 2 rings (SSSR count). The van der Waals surface area contributed by atoms with Crippen LogP contribution in [0.3, 0.4) is 0 Å². The van der Waals surface area contributed by atoms with E-state index in [4.69, 9.17) is 15.2 Å². The van der Waals surface area contributed by atoms with Crippen LogP contribution >= 0.6 is 0 Å². The van der Waals surface area contributed by atoms with Gasteiger partial charge in [0.25, 0.3) is 0 Å². The van der Waals surface area contributed by atoms with Crippen LogP contribution in [0.15, 0.2) is 30.3 Å². The Hall–Kier alpha value is -2.14. The van der Waals surface area contributed by atoms with E-state index in [2.05, 4.69) is 0 Å². The standard InChI is InChI=1S/C16H17F2NO2/c1-9-7-12(18)10(8-11(9)17)16(19)15-13(20-2)5-4-6-14(15)21-3/h4-8,16H,19H2,1-3H3. The molecule has 0 aliphatic rings. The van der Waals surface area contributed by atoms with E-state index < -0.39 is 17.7 Å². The molecule has 0 radical (unpaired) electrons. The molecule has 112 valence electrons. The maximum atomic E-state index is 14.1. The van der Waals surface area contributed by atoms with E-state index in [1.54, 1.807) is 18.2 Å². The highest BCUT2D eigenvalue weighted by atomic mass is 19.1. The second-order valence-electron chi connectivity index (χ2n) is 4.68. The molecule has 0 fully saturated rings. The van der Waals surface area contributed by atoms with E-state index in [9.17, 15) is 8.78 Å². The molecule has 0 aliphatic carbocycles. The zero-order valence-corrected chi connectivity index (χ0v) is 12.1. The molecule has 3 nitrogen and oxygen atoms in total. The van der Waals surface area contributed by atoms with Gasteiger partial charge < -0.3 is 15.2 Å². The summed E-state index contributed by atoms with van der Waals surface area (Å²) < 4.78 is 38.3. The van der Waals surface area contributed by atoms with Crippen molar-refractivity contribution in [1.29, 1.82) is 0 Å². The second kappa shape index (κ2) is 6.10. The highest BCUT2D eigenvalue weighted by Crippen LogP contribution is 2.37. The van der Waals surface area contributed by atoms with Gasteiger partial charge in [-0.1, -0.05) is 6.07 Å². The molecule has 2 N–H and O–H groups in total. The van der Waals surface area contributed by atoms with Gasteiger partial charge in [0, 0.05) is 5.56 Å². The van der Waals surface area contributed by atoms with Crippen LogP contribution < -0.4 is 15.2 Å². The Morgan fingerprint density at radius 2 is 1.57 bits per heavy atom. The summed E-state index contributed by atoms with van der Waals surface area (Å²) in [4.78, 5) is 0. The fourth-order valence-electron chi connectivity index (χ4n) is 2.24. The second-order valence-corrected chi connectivity index (χ2v) is 4.68. The highest BCUT2D eigenvalue weighted by Gasteiger charge is 2.22. The van der Waals surface area contributed by atoms with E-state index in [1.165, 1.54) is 21.1 Å². The summed E-state index contributed by atoms with van der Waals surface area (Å²) in [5.41, 5.74) is 6.89. The van der Waals surface area contributed by atoms with E-state index in [1.807, 2.05) is 0 Å². The van der Waals surface area contributed by atoms with E-state index in [0.29, 0.717) is 17.1 Å². The summed E-state index contributed by atoms with van der Waals surface area (Å²) in [5.74, 6) is -0.144. The predicted octanol–water partition coefficient (Wildman–Crippen LogP) is 3.34. The molecule has 1 unspecified atom stereocenters. The predicted molar refractivity (Wildman–Crippen MR) is 76.7 cm³/mol. The topological polar surface area (TPSA) is 44.5 Å². The van der Waals surface area contributed by atoms with Crippen molar-refractivity contribution in [2.24, 2.45) is 5.73 Å². The van der Waals surface area contributed by atoms with E-state index in [-0.39, 0.29) is 11.1 Å². The van der Waals surface area contributed by atoms with Crippen LogP contribution in [-0.2, 0) is 0 Å². The average molecular weight is 293 g/mol. The minimum Gasteiger partial charge on any atom is -0.496 e. The number of nitrogens with two attached hydrogens (primary N) is 1. The van der Waals surface area contributed by atoms with Crippen molar-refractivity contribution >= 4 is 0 Å². The van der Waals surface area contributed by atoms with Crippen LogP contribution in [0.4, 0.5) is 8.78 Å². The molecule has 2 aromatic carbocycles. The van der Waals surface area contributed by atoms with E-state index >= 15 is 0 Å². The zero-order valence-electron chi connectivity index (χ0n) is 12.1. The van der Waals surface area contributed by atoms with Crippen LogP contribution in [0, 0.1) is 18.6 Å². The normalized spacial score (nSPS) is 12.1. The third kappa shape index (κ3) is 2.83. The molecule has 0 amide bonds. The summed E-state index contributed by atoms with van der Waals surface area (Å²) >= 11 is 0. The molecule has 1 atom stereocenters. The Kier molecular flexibility index (Phi) is 4.43. The largest absolute Gasteiger partial charge is 0.496 e. The molecular formula is C16H17F2NO2. The highest BCUT2D eigenvalue weighted by molar-refractivity contribution is 5.50. The molecule has 0 saturated carbocycles. The number of rotatable bonds is 4. The zero-order chi connectivity index (χ0) is 15.6. The third-order valence-electron chi connectivity index (χ3n) is 3.39. The van der Waals surface area contributed by atoms with Gasteiger partial charge in [0.2, 0.25) is 0 Å². The number of halogens is 2. The van der Waals surface area contributed by atoms with Crippen molar-refractivity contribution in [1.82, 2.24) is 0 Å². The van der Waals surface area contributed by atoms with Gasteiger partial charge in [-0.2, -0.15) is 0 Å². The van der Waals surface area contributed by atoms with Gasteiger partial charge >= 0.3 is 0 Å². The Morgan fingerprint density at radius 1 is 1.00 bits per heavy atom. The molecule has 0 saturated heterocycles. The molecular weight excluding hydrogens is 276 g/mol. The molecule has 0 aromatic heterocycles. The fourth-order valence-corrected chi connectivity index (χ4v) is 2.24. The Morgan fingerprint density at radius 3 is 2.10 bits per heavy atom. The van der Waals surface area contributed by atoms with Gasteiger partial charge in [-0.25, -0.2) is 8.78 Å². The van der Waals surface area contributed by atoms with Gasteiger partial charge in [0.15, 0.2) is 0 Å². The van der Waals surface area contributed by atoms with Crippen molar-refractivity contribution in [2.45, 2.75) is 13.0 Å². The maximum absolute atomic E-state index is 14.1. The van der Waals surface area contributed by atoms with Gasteiger partial charge in [-0.15, -0.1) is 0 Å². The lowest BCUT2D eigenvalue weighted by Crippen LogP contribution is -2.16. The van der Waals surface area contributed by atoms with Crippen LogP contribution in [0.5, 0.6) is 11.5 Å². The quantitative estimate of drug-likeness (QED) is 0.940. The van der Waals surface area contributed by atoms with Crippen molar-refractivity contribution in [3.8, 4) is 11.5 Å². The average Bonchev–Trinajstić information content (AvgIpc) is 2.49. The lowest BCUT2D eigenvalue weighted by Gasteiger charge is -2.20. The SMILES string of the molecule is COc1cccc(OC)c1C(N)c1cc(F)c(C)cc1F. The molecule has 5 heteroatoms. The summed E-state index contributed by atoms with van der Waals surface area (Å²) in [6, 6.07) is 6.47. The number of methoxy groups -OCH3 is 2. The number of aryl methyl sites for hydroxylation is 1. The lowest BCUT2D eigenvalue weighted by atomic mass is 9.96. The number of ether oxygens (including phenoxy) is 2. The van der Waals surface area contributed by atoms with Crippen LogP contribution in [0.2, 0.25) is 0 Å². The van der Waals surface area contributed by atoms with Crippen LogP contribution in [0.1, 0.15) is 22.7 Å². The molecule has 0 spiro atoms.